The van der Waals surface area contributed by atoms with Gasteiger partial charge in [0.15, 0.2) is 0 Å². The second-order valence-corrected chi connectivity index (χ2v) is 9.77. The lowest BCUT2D eigenvalue weighted by molar-refractivity contribution is 0.0254. The summed E-state index contributed by atoms with van der Waals surface area (Å²) < 4.78 is 11.1. The van der Waals surface area contributed by atoms with Crippen LogP contribution in [-0.2, 0) is 9.47 Å². The highest BCUT2D eigenvalue weighted by atomic mass is 16.5. The minimum Gasteiger partial charge on any atom is -0.402 e. The number of ether oxygens (including phenoxy) is 2. The second kappa shape index (κ2) is 9.76. The first-order valence-corrected chi connectivity index (χ1v) is 12.3. The summed E-state index contributed by atoms with van der Waals surface area (Å²) in [6.45, 7) is 8.88. The molecule has 0 bridgehead atoms. The van der Waals surface area contributed by atoms with E-state index in [0.717, 1.165) is 74.8 Å². The van der Waals surface area contributed by atoms with Gasteiger partial charge in [-0.15, -0.1) is 0 Å². The molecule has 0 atom stereocenters. The van der Waals surface area contributed by atoms with Gasteiger partial charge >= 0.3 is 0 Å². The minimum absolute atomic E-state index is 0.414. The first kappa shape index (κ1) is 22.9. The molecular weight excluding hydrogens is 426 g/mol. The number of hydrogen-bond acceptors (Lipinski definition) is 7. The van der Waals surface area contributed by atoms with Crippen LogP contribution in [0.5, 0.6) is 0 Å². The lowest BCUT2D eigenvalue weighted by atomic mass is 9.80. The van der Waals surface area contributed by atoms with Crippen LogP contribution in [-0.4, -0.2) is 63.3 Å². The van der Waals surface area contributed by atoms with E-state index in [4.69, 9.17) is 20.6 Å². The zero-order chi connectivity index (χ0) is 23.5. The van der Waals surface area contributed by atoms with Gasteiger partial charge in [0.05, 0.1) is 18.9 Å². The number of allylic oxidation sites excluding steroid dienone is 2. The molecule has 1 aromatic heterocycles. The van der Waals surface area contributed by atoms with Crippen LogP contribution in [0.15, 0.2) is 48.3 Å². The summed E-state index contributed by atoms with van der Waals surface area (Å²) in [5.41, 5.74) is 11.6. The van der Waals surface area contributed by atoms with E-state index in [0.29, 0.717) is 30.0 Å². The maximum absolute atomic E-state index is 8.98. The summed E-state index contributed by atoms with van der Waals surface area (Å²) in [5.74, 6) is 0.881. The van der Waals surface area contributed by atoms with Crippen LogP contribution in [0.1, 0.15) is 37.3 Å². The number of pyridine rings is 1. The van der Waals surface area contributed by atoms with Gasteiger partial charge in [-0.05, 0) is 61.4 Å². The maximum atomic E-state index is 8.98. The van der Waals surface area contributed by atoms with Crippen LogP contribution >= 0.6 is 0 Å². The van der Waals surface area contributed by atoms with Gasteiger partial charge in [0.1, 0.15) is 5.82 Å². The Morgan fingerprint density at radius 2 is 1.62 bits per heavy atom. The molecule has 1 spiro atoms. The fourth-order valence-corrected chi connectivity index (χ4v) is 5.46. The quantitative estimate of drug-likeness (QED) is 0.661. The highest BCUT2D eigenvalue weighted by Gasteiger charge is 2.39. The van der Waals surface area contributed by atoms with E-state index in [1.807, 2.05) is 19.1 Å². The lowest BCUT2D eigenvalue weighted by Gasteiger charge is -2.33. The summed E-state index contributed by atoms with van der Waals surface area (Å²) in [4.78, 5) is 9.23. The highest BCUT2D eigenvalue weighted by molar-refractivity contribution is 6.31. The summed E-state index contributed by atoms with van der Waals surface area (Å²) in [6, 6.07) is 12.4. The predicted octanol–water partition coefficient (Wildman–Crippen LogP) is 3.68. The maximum Gasteiger partial charge on any atom is 0.129 e. The average Bonchev–Trinajstić information content (AvgIpc) is 3.28. The Labute approximate surface area is 202 Å². The fourth-order valence-electron chi connectivity index (χ4n) is 5.46. The molecule has 0 amide bonds. The van der Waals surface area contributed by atoms with E-state index in [-0.39, 0.29) is 0 Å². The highest BCUT2D eigenvalue weighted by Crippen LogP contribution is 2.41. The summed E-state index contributed by atoms with van der Waals surface area (Å²) in [6.07, 6.45) is 5.34. The molecule has 4 heterocycles. The van der Waals surface area contributed by atoms with E-state index in [2.05, 4.69) is 39.0 Å². The molecule has 3 fully saturated rings. The largest absolute Gasteiger partial charge is 0.402 e. The van der Waals surface area contributed by atoms with Crippen LogP contribution in [0.4, 0.5) is 11.5 Å². The molecule has 3 aliphatic rings. The minimum atomic E-state index is 0.414. The van der Waals surface area contributed by atoms with Crippen LogP contribution in [0.2, 0.25) is 0 Å². The van der Waals surface area contributed by atoms with E-state index in [1.54, 1.807) is 6.20 Å². The number of morpholine rings is 1. The van der Waals surface area contributed by atoms with Crippen LogP contribution in [0, 0.1) is 10.8 Å². The number of hydrogen-bond donors (Lipinski definition) is 2. The van der Waals surface area contributed by atoms with Crippen molar-refractivity contribution in [1.29, 1.82) is 5.41 Å². The molecule has 3 saturated heterocycles. The molecule has 3 N–H and O–H groups in total. The molecule has 34 heavy (non-hydrogen) atoms. The Balaban J connectivity index is 1.34. The summed E-state index contributed by atoms with van der Waals surface area (Å²) in [7, 11) is 0. The smallest absolute Gasteiger partial charge is 0.129 e. The predicted molar refractivity (Wildman–Crippen MR) is 137 cm³/mol. The normalized spacial score (nSPS) is 21.0. The van der Waals surface area contributed by atoms with Crippen molar-refractivity contribution in [3.8, 4) is 0 Å². The Kier molecular flexibility index (Phi) is 6.57. The molecule has 5 rings (SSSR count). The molecule has 7 heteroatoms. The molecule has 0 unspecified atom stereocenters. The van der Waals surface area contributed by atoms with Crippen molar-refractivity contribution in [3.05, 3.63) is 59.4 Å². The number of anilines is 2. The monoisotopic (exact) mass is 461 g/mol. The molecular formula is C27H35N5O2. The standard InChI is InChI=1S/C27H35N5O2/c1-20(28)25(26(29)22-6-10-30-24(18-22)31-12-16-34-17-13-31)21-2-4-23(5-3-21)32-11-7-27(19-32)8-14-33-15-9-27/h2-6,10,18,29H,7-9,11-17,19,28H2,1H3/b25-20-,29-26?. The Hall–Kier alpha value is -2.90. The molecule has 180 valence electrons. The lowest BCUT2D eigenvalue weighted by Crippen LogP contribution is -2.36. The Morgan fingerprint density at radius 3 is 2.32 bits per heavy atom. The van der Waals surface area contributed by atoms with Crippen molar-refractivity contribution in [1.82, 2.24) is 4.98 Å². The summed E-state index contributed by atoms with van der Waals surface area (Å²) in [5, 5.41) is 8.98. The third kappa shape index (κ3) is 4.68. The van der Waals surface area contributed by atoms with Gasteiger partial charge in [0, 0.05) is 68.1 Å². The third-order valence-corrected chi connectivity index (χ3v) is 7.53. The van der Waals surface area contributed by atoms with Gasteiger partial charge in [-0.25, -0.2) is 4.98 Å². The fraction of sp³-hybridized carbons (Fsp3) is 0.481. The number of benzene rings is 1. The van der Waals surface area contributed by atoms with Crippen molar-refractivity contribution in [2.75, 3.05) is 62.4 Å². The van der Waals surface area contributed by atoms with Crippen LogP contribution < -0.4 is 15.5 Å². The van der Waals surface area contributed by atoms with Crippen molar-refractivity contribution in [2.45, 2.75) is 26.2 Å². The molecule has 2 aromatic rings. The number of nitrogens with two attached hydrogens (primary N) is 1. The van der Waals surface area contributed by atoms with E-state index >= 15 is 0 Å². The zero-order valence-electron chi connectivity index (χ0n) is 20.1. The van der Waals surface area contributed by atoms with Gasteiger partial charge in [-0.2, -0.15) is 0 Å². The van der Waals surface area contributed by atoms with Crippen LogP contribution in [0.25, 0.3) is 5.57 Å². The van der Waals surface area contributed by atoms with Crippen molar-refractivity contribution >= 4 is 22.8 Å². The first-order valence-electron chi connectivity index (χ1n) is 12.3. The summed E-state index contributed by atoms with van der Waals surface area (Å²) >= 11 is 0. The van der Waals surface area contributed by atoms with Gasteiger partial charge in [0.2, 0.25) is 0 Å². The first-order chi connectivity index (χ1) is 16.5. The number of nitrogens with zero attached hydrogens (tertiary/aromatic N) is 3. The van der Waals surface area contributed by atoms with E-state index < -0.39 is 0 Å². The number of nitrogens with one attached hydrogen (secondary N) is 1. The molecule has 3 aliphatic heterocycles. The van der Waals surface area contributed by atoms with E-state index in [9.17, 15) is 0 Å². The second-order valence-electron chi connectivity index (χ2n) is 9.77. The van der Waals surface area contributed by atoms with Gasteiger partial charge < -0.3 is 25.0 Å². The molecule has 0 radical (unpaired) electrons. The molecule has 1 aromatic carbocycles. The van der Waals surface area contributed by atoms with Gasteiger partial charge in [-0.3, -0.25) is 5.41 Å². The number of rotatable bonds is 5. The Morgan fingerprint density at radius 1 is 0.912 bits per heavy atom. The van der Waals surface area contributed by atoms with E-state index in [1.165, 1.54) is 12.1 Å². The Bertz CT molecular complexity index is 1050. The molecule has 0 aliphatic carbocycles. The topological polar surface area (TPSA) is 87.7 Å². The number of aromatic nitrogens is 1. The zero-order valence-corrected chi connectivity index (χ0v) is 20.1. The third-order valence-electron chi connectivity index (χ3n) is 7.53. The van der Waals surface area contributed by atoms with Gasteiger partial charge in [0.25, 0.3) is 0 Å². The van der Waals surface area contributed by atoms with Crippen LogP contribution in [0.3, 0.4) is 0 Å². The molecule has 7 nitrogen and oxygen atoms in total. The van der Waals surface area contributed by atoms with Crippen molar-refractivity contribution < 1.29 is 9.47 Å². The van der Waals surface area contributed by atoms with Gasteiger partial charge in [-0.1, -0.05) is 12.1 Å². The van der Waals surface area contributed by atoms with Crippen molar-refractivity contribution in [2.24, 2.45) is 11.1 Å². The average molecular weight is 462 g/mol. The van der Waals surface area contributed by atoms with Crippen molar-refractivity contribution in [3.63, 3.8) is 0 Å². The molecule has 0 saturated carbocycles. The SMILES string of the molecule is C/C(N)=C(/C(=N)c1ccnc(N2CCOCC2)c1)c1ccc(N2CCC3(CCOCC3)C2)cc1.